The van der Waals surface area contributed by atoms with Crippen molar-refractivity contribution in [2.75, 3.05) is 11.9 Å². The third kappa shape index (κ3) is 3.86. The molecule has 0 saturated carbocycles. The van der Waals surface area contributed by atoms with Gasteiger partial charge >= 0.3 is 0 Å². The van der Waals surface area contributed by atoms with Crippen molar-refractivity contribution >= 4 is 28.4 Å². The number of hydrogen-bond donors (Lipinski definition) is 2. The van der Waals surface area contributed by atoms with Crippen molar-refractivity contribution in [1.29, 1.82) is 0 Å². The molecule has 0 bridgehead atoms. The van der Waals surface area contributed by atoms with Crippen LogP contribution in [-0.2, 0) is 6.54 Å². The molecule has 0 unspecified atom stereocenters. The zero-order chi connectivity index (χ0) is 19.3. The summed E-state index contributed by atoms with van der Waals surface area (Å²) in [6, 6.07) is 20.1. The van der Waals surface area contributed by atoms with E-state index in [9.17, 15) is 4.79 Å². The van der Waals surface area contributed by atoms with Crippen molar-refractivity contribution in [3.8, 4) is 0 Å². The van der Waals surface area contributed by atoms with E-state index in [-0.39, 0.29) is 5.91 Å². The van der Waals surface area contributed by atoms with E-state index in [1.807, 2.05) is 42.5 Å². The summed E-state index contributed by atoms with van der Waals surface area (Å²) < 4.78 is 2.21. The van der Waals surface area contributed by atoms with Crippen molar-refractivity contribution in [1.82, 2.24) is 19.9 Å². The number of nitrogens with one attached hydrogen (secondary N) is 2. The summed E-state index contributed by atoms with van der Waals surface area (Å²) in [5, 5.41) is 7.25. The van der Waals surface area contributed by atoms with Crippen LogP contribution in [0.2, 0.25) is 0 Å². The number of aromatic nitrogens is 3. The molecule has 0 aliphatic carbocycles. The van der Waals surface area contributed by atoms with Crippen LogP contribution in [0.15, 0.2) is 73.1 Å². The molecule has 2 N–H and O–H groups in total. The standard InChI is InChI=1S/C22H21N5O/c1-16-13-17-7-5-6-10-20(17)27(16)12-11-23-21(28)18-14-24-22(25-15-18)26-19-8-3-2-4-9-19/h2-10,13-15H,11-12H2,1H3,(H,23,28)(H,24,25,26). The molecule has 2 heterocycles. The van der Waals surface area contributed by atoms with Crippen molar-refractivity contribution in [2.24, 2.45) is 0 Å². The number of nitrogens with zero attached hydrogens (tertiary/aromatic N) is 3. The average molecular weight is 371 g/mol. The molecule has 140 valence electrons. The van der Waals surface area contributed by atoms with Gasteiger partial charge in [-0.3, -0.25) is 4.79 Å². The maximum Gasteiger partial charge on any atom is 0.254 e. The van der Waals surface area contributed by atoms with Crippen molar-refractivity contribution in [2.45, 2.75) is 13.5 Å². The highest BCUT2D eigenvalue weighted by atomic mass is 16.1. The molecule has 1 amide bonds. The lowest BCUT2D eigenvalue weighted by molar-refractivity contribution is 0.0951. The van der Waals surface area contributed by atoms with Gasteiger partial charge in [0.05, 0.1) is 5.56 Å². The second-order valence-electron chi connectivity index (χ2n) is 6.54. The normalized spacial score (nSPS) is 10.8. The number of carbonyl (C=O) groups is 1. The van der Waals surface area contributed by atoms with E-state index in [0.29, 0.717) is 24.6 Å². The molecule has 4 aromatic rings. The number of anilines is 2. The Balaban J connectivity index is 1.35. The van der Waals surface area contributed by atoms with Crippen LogP contribution < -0.4 is 10.6 Å². The molecular weight excluding hydrogens is 350 g/mol. The van der Waals surface area contributed by atoms with Gasteiger partial charge < -0.3 is 15.2 Å². The highest BCUT2D eigenvalue weighted by Gasteiger charge is 2.09. The Hall–Kier alpha value is -3.67. The van der Waals surface area contributed by atoms with Gasteiger partial charge in [-0.25, -0.2) is 9.97 Å². The second-order valence-corrected chi connectivity index (χ2v) is 6.54. The molecule has 2 aromatic carbocycles. The van der Waals surface area contributed by atoms with Crippen LogP contribution in [0.5, 0.6) is 0 Å². The Morgan fingerprint density at radius 2 is 1.71 bits per heavy atom. The van der Waals surface area contributed by atoms with Gasteiger partial charge in [-0.2, -0.15) is 0 Å². The van der Waals surface area contributed by atoms with E-state index >= 15 is 0 Å². The van der Waals surface area contributed by atoms with E-state index < -0.39 is 0 Å². The highest BCUT2D eigenvalue weighted by Crippen LogP contribution is 2.18. The van der Waals surface area contributed by atoms with Crippen LogP contribution in [0.3, 0.4) is 0 Å². The van der Waals surface area contributed by atoms with Gasteiger partial charge in [0.25, 0.3) is 5.91 Å². The zero-order valence-corrected chi connectivity index (χ0v) is 15.6. The summed E-state index contributed by atoms with van der Waals surface area (Å²) in [6.07, 6.45) is 3.06. The number of para-hydroxylation sites is 2. The monoisotopic (exact) mass is 371 g/mol. The third-order valence-corrected chi connectivity index (χ3v) is 4.58. The summed E-state index contributed by atoms with van der Waals surface area (Å²) in [6.45, 7) is 3.32. The summed E-state index contributed by atoms with van der Waals surface area (Å²) in [7, 11) is 0. The minimum atomic E-state index is -0.180. The SMILES string of the molecule is Cc1cc2ccccc2n1CCNC(=O)c1cnc(Nc2ccccc2)nc1. The Kier molecular flexibility index (Phi) is 5.01. The van der Waals surface area contributed by atoms with Gasteiger partial charge in [-0.15, -0.1) is 0 Å². The van der Waals surface area contributed by atoms with Crippen molar-refractivity contribution in [3.05, 3.63) is 84.3 Å². The van der Waals surface area contributed by atoms with Crippen LogP contribution in [0.4, 0.5) is 11.6 Å². The average Bonchev–Trinajstić information content (AvgIpc) is 3.04. The van der Waals surface area contributed by atoms with E-state index in [2.05, 4.69) is 50.3 Å². The Bertz CT molecular complexity index is 1090. The molecule has 0 aliphatic heterocycles. The Morgan fingerprint density at radius 1 is 1.00 bits per heavy atom. The maximum atomic E-state index is 12.4. The van der Waals surface area contributed by atoms with Crippen LogP contribution in [0.1, 0.15) is 16.1 Å². The van der Waals surface area contributed by atoms with Crippen LogP contribution >= 0.6 is 0 Å². The van der Waals surface area contributed by atoms with E-state index in [1.54, 1.807) is 0 Å². The first-order valence-electron chi connectivity index (χ1n) is 9.18. The summed E-state index contributed by atoms with van der Waals surface area (Å²) in [5.74, 6) is 0.276. The topological polar surface area (TPSA) is 71.8 Å². The zero-order valence-electron chi connectivity index (χ0n) is 15.6. The predicted molar refractivity (Wildman–Crippen MR) is 111 cm³/mol. The molecule has 28 heavy (non-hydrogen) atoms. The van der Waals surface area contributed by atoms with Gasteiger partial charge in [0.15, 0.2) is 0 Å². The summed E-state index contributed by atoms with van der Waals surface area (Å²) in [4.78, 5) is 20.8. The fraction of sp³-hybridized carbons (Fsp3) is 0.136. The van der Waals surface area contributed by atoms with Gasteiger partial charge in [-0.05, 0) is 36.6 Å². The number of amides is 1. The maximum absolute atomic E-state index is 12.4. The summed E-state index contributed by atoms with van der Waals surface area (Å²) >= 11 is 0. The first kappa shape index (κ1) is 17.7. The minimum Gasteiger partial charge on any atom is -0.350 e. The van der Waals surface area contributed by atoms with Crippen LogP contribution in [0.25, 0.3) is 10.9 Å². The fourth-order valence-electron chi connectivity index (χ4n) is 3.19. The lowest BCUT2D eigenvalue weighted by Gasteiger charge is -2.10. The van der Waals surface area contributed by atoms with E-state index in [0.717, 1.165) is 5.69 Å². The number of carbonyl (C=O) groups excluding carboxylic acids is 1. The molecule has 6 heteroatoms. The van der Waals surface area contributed by atoms with Gasteiger partial charge in [0.2, 0.25) is 5.95 Å². The quantitative estimate of drug-likeness (QED) is 0.539. The number of fused-ring (bicyclic) bond motifs is 1. The molecule has 0 aliphatic rings. The predicted octanol–water partition coefficient (Wildman–Crippen LogP) is 3.91. The largest absolute Gasteiger partial charge is 0.350 e. The fourth-order valence-corrected chi connectivity index (χ4v) is 3.19. The van der Waals surface area contributed by atoms with E-state index in [1.165, 1.54) is 29.0 Å². The number of benzene rings is 2. The first-order chi connectivity index (χ1) is 13.7. The molecule has 0 atom stereocenters. The second kappa shape index (κ2) is 7.92. The lowest BCUT2D eigenvalue weighted by atomic mass is 10.2. The highest BCUT2D eigenvalue weighted by molar-refractivity contribution is 5.93. The van der Waals surface area contributed by atoms with Crippen LogP contribution in [0, 0.1) is 6.92 Å². The first-order valence-corrected chi connectivity index (χ1v) is 9.18. The molecule has 0 fully saturated rings. The van der Waals surface area contributed by atoms with Crippen molar-refractivity contribution < 1.29 is 4.79 Å². The van der Waals surface area contributed by atoms with Gasteiger partial charge in [0, 0.05) is 42.4 Å². The molecule has 6 nitrogen and oxygen atoms in total. The third-order valence-electron chi connectivity index (χ3n) is 4.58. The molecule has 4 rings (SSSR count). The molecule has 0 radical (unpaired) electrons. The molecule has 2 aromatic heterocycles. The van der Waals surface area contributed by atoms with Crippen molar-refractivity contribution in [3.63, 3.8) is 0 Å². The number of rotatable bonds is 6. The van der Waals surface area contributed by atoms with E-state index in [4.69, 9.17) is 0 Å². The lowest BCUT2D eigenvalue weighted by Crippen LogP contribution is -2.27. The summed E-state index contributed by atoms with van der Waals surface area (Å²) in [5.41, 5.74) is 3.69. The Labute approximate surface area is 163 Å². The smallest absolute Gasteiger partial charge is 0.254 e. The van der Waals surface area contributed by atoms with Crippen LogP contribution in [-0.4, -0.2) is 27.0 Å². The Morgan fingerprint density at radius 3 is 2.50 bits per heavy atom. The number of hydrogen-bond acceptors (Lipinski definition) is 4. The van der Waals surface area contributed by atoms with Gasteiger partial charge in [0.1, 0.15) is 0 Å². The molecule has 0 spiro atoms. The number of aryl methyl sites for hydroxylation is 1. The molecular formula is C22H21N5O. The minimum absolute atomic E-state index is 0.180. The molecule has 0 saturated heterocycles. The van der Waals surface area contributed by atoms with Gasteiger partial charge in [-0.1, -0.05) is 36.4 Å².